The second kappa shape index (κ2) is 5.26. The summed E-state index contributed by atoms with van der Waals surface area (Å²) in [5.74, 6) is -0.128. The van der Waals surface area contributed by atoms with E-state index in [4.69, 9.17) is 0 Å². The lowest BCUT2D eigenvalue weighted by atomic mass is 10.3. The molecule has 0 radical (unpaired) electrons. The minimum Gasteiger partial charge on any atom is -0.319 e. The van der Waals surface area contributed by atoms with E-state index >= 15 is 0 Å². The first kappa shape index (κ1) is 12.7. The first-order valence-electron chi connectivity index (χ1n) is 5.28. The highest BCUT2D eigenvalue weighted by Crippen LogP contribution is 2.20. The van der Waals surface area contributed by atoms with Crippen LogP contribution in [0.5, 0.6) is 0 Å². The number of nitrogens with zero attached hydrogens (tertiary/aromatic N) is 2. The molecule has 0 spiro atoms. The van der Waals surface area contributed by atoms with E-state index in [2.05, 4.69) is 36.4 Å². The summed E-state index contributed by atoms with van der Waals surface area (Å²) < 4.78 is 13.3. The lowest BCUT2D eigenvalue weighted by Crippen LogP contribution is -2.13. The molecular formula is C11H10BrFN4O. The minimum absolute atomic E-state index is 0.0623. The number of rotatable bonds is 3. The number of anilines is 1. The Morgan fingerprint density at radius 3 is 2.94 bits per heavy atom. The maximum absolute atomic E-state index is 13.0. The molecule has 0 aliphatic carbocycles. The van der Waals surface area contributed by atoms with Gasteiger partial charge in [0.2, 0.25) is 5.82 Å². The fourth-order valence-electron chi connectivity index (χ4n) is 1.32. The number of carbonyl (C=O) groups is 1. The van der Waals surface area contributed by atoms with Gasteiger partial charge >= 0.3 is 0 Å². The summed E-state index contributed by atoms with van der Waals surface area (Å²) in [7, 11) is 0. The van der Waals surface area contributed by atoms with E-state index in [1.807, 2.05) is 6.92 Å². The number of nitrogens with one attached hydrogen (secondary N) is 2. The van der Waals surface area contributed by atoms with Crippen LogP contribution in [-0.4, -0.2) is 21.1 Å². The minimum atomic E-state index is -0.440. The molecule has 18 heavy (non-hydrogen) atoms. The van der Waals surface area contributed by atoms with Crippen molar-refractivity contribution < 1.29 is 9.18 Å². The van der Waals surface area contributed by atoms with E-state index < -0.39 is 5.91 Å². The quantitative estimate of drug-likeness (QED) is 0.915. The van der Waals surface area contributed by atoms with Crippen molar-refractivity contribution in [1.29, 1.82) is 0 Å². The van der Waals surface area contributed by atoms with E-state index in [0.29, 0.717) is 17.9 Å². The lowest BCUT2D eigenvalue weighted by molar-refractivity contribution is 0.101. The van der Waals surface area contributed by atoms with E-state index in [0.717, 1.165) is 0 Å². The van der Waals surface area contributed by atoms with Crippen LogP contribution in [0.25, 0.3) is 0 Å². The molecule has 94 valence electrons. The molecule has 1 amide bonds. The summed E-state index contributed by atoms with van der Waals surface area (Å²) in [6.45, 7) is 1.90. The van der Waals surface area contributed by atoms with Crippen LogP contribution in [0.2, 0.25) is 0 Å². The smallest absolute Gasteiger partial charge is 0.295 e. The SMILES string of the molecule is CCc1nc(C(=O)Nc2ccc(F)c(Br)c2)n[nH]1. The number of aromatic amines is 1. The summed E-state index contributed by atoms with van der Waals surface area (Å²) in [5.41, 5.74) is 0.469. The standard InChI is InChI=1S/C11H10BrFN4O/c1-2-9-15-10(17-16-9)11(18)14-6-3-4-8(13)7(12)5-6/h3-5H,2H2,1H3,(H,14,18)(H,15,16,17). The summed E-state index contributed by atoms with van der Waals surface area (Å²) in [6, 6.07) is 4.20. The van der Waals surface area contributed by atoms with Gasteiger partial charge in [0.1, 0.15) is 11.6 Å². The third kappa shape index (κ3) is 2.73. The third-order valence-electron chi connectivity index (χ3n) is 2.25. The van der Waals surface area contributed by atoms with Gasteiger partial charge in [-0.3, -0.25) is 9.89 Å². The Labute approximate surface area is 111 Å². The highest BCUT2D eigenvalue weighted by Gasteiger charge is 2.12. The van der Waals surface area contributed by atoms with Gasteiger partial charge < -0.3 is 5.32 Å². The van der Waals surface area contributed by atoms with Gasteiger partial charge in [-0.2, -0.15) is 0 Å². The van der Waals surface area contributed by atoms with Crippen LogP contribution in [0.15, 0.2) is 22.7 Å². The topological polar surface area (TPSA) is 70.7 Å². The molecule has 0 aliphatic heterocycles. The number of hydrogen-bond donors (Lipinski definition) is 2. The molecule has 7 heteroatoms. The Kier molecular flexibility index (Phi) is 3.71. The average Bonchev–Trinajstić information content (AvgIpc) is 2.82. The van der Waals surface area contributed by atoms with Crippen molar-refractivity contribution in [3.8, 4) is 0 Å². The zero-order valence-corrected chi connectivity index (χ0v) is 11.1. The number of amides is 1. The Morgan fingerprint density at radius 1 is 1.56 bits per heavy atom. The highest BCUT2D eigenvalue weighted by molar-refractivity contribution is 9.10. The fraction of sp³-hybridized carbons (Fsp3) is 0.182. The van der Waals surface area contributed by atoms with Gasteiger partial charge in [0.15, 0.2) is 0 Å². The molecule has 2 rings (SSSR count). The molecule has 2 aromatic rings. The summed E-state index contributed by atoms with van der Waals surface area (Å²) in [4.78, 5) is 15.8. The van der Waals surface area contributed by atoms with Gasteiger partial charge in [-0.1, -0.05) is 6.92 Å². The van der Waals surface area contributed by atoms with Crippen LogP contribution < -0.4 is 5.32 Å². The average molecular weight is 313 g/mol. The summed E-state index contributed by atoms with van der Waals surface area (Å²) >= 11 is 3.04. The number of benzene rings is 1. The van der Waals surface area contributed by atoms with Crippen molar-refractivity contribution in [3.05, 3.63) is 40.1 Å². The third-order valence-corrected chi connectivity index (χ3v) is 2.85. The molecule has 0 bridgehead atoms. The Balaban J connectivity index is 2.13. The molecule has 2 N–H and O–H groups in total. The van der Waals surface area contributed by atoms with Crippen LogP contribution in [-0.2, 0) is 6.42 Å². The van der Waals surface area contributed by atoms with Crippen LogP contribution in [0.4, 0.5) is 10.1 Å². The van der Waals surface area contributed by atoms with Gasteiger partial charge in [0.25, 0.3) is 5.91 Å². The summed E-state index contributed by atoms with van der Waals surface area (Å²) in [6.07, 6.45) is 0.669. The molecule has 0 aliphatic rings. The zero-order chi connectivity index (χ0) is 13.1. The molecule has 0 atom stereocenters. The van der Waals surface area contributed by atoms with Crippen molar-refractivity contribution in [2.75, 3.05) is 5.32 Å². The van der Waals surface area contributed by atoms with Crippen molar-refractivity contribution in [2.24, 2.45) is 0 Å². The molecule has 0 saturated heterocycles. The fourth-order valence-corrected chi connectivity index (χ4v) is 1.69. The van der Waals surface area contributed by atoms with E-state index in [1.165, 1.54) is 18.2 Å². The maximum atomic E-state index is 13.0. The van der Waals surface area contributed by atoms with Gasteiger partial charge in [-0.05, 0) is 34.1 Å². The number of hydrogen-bond acceptors (Lipinski definition) is 3. The van der Waals surface area contributed by atoms with E-state index in [-0.39, 0.29) is 16.1 Å². The van der Waals surface area contributed by atoms with Crippen LogP contribution in [0, 0.1) is 5.82 Å². The normalized spacial score (nSPS) is 10.4. The summed E-state index contributed by atoms with van der Waals surface area (Å²) in [5, 5.41) is 9.02. The van der Waals surface area contributed by atoms with Gasteiger partial charge in [0.05, 0.1) is 4.47 Å². The second-order valence-corrected chi connectivity index (χ2v) is 4.40. The first-order chi connectivity index (χ1) is 8.60. The van der Waals surface area contributed by atoms with Crippen molar-refractivity contribution in [3.63, 3.8) is 0 Å². The molecule has 1 aromatic carbocycles. The predicted octanol–water partition coefficient (Wildman–Crippen LogP) is 2.52. The van der Waals surface area contributed by atoms with Crippen molar-refractivity contribution in [1.82, 2.24) is 15.2 Å². The number of aromatic nitrogens is 3. The molecule has 1 heterocycles. The zero-order valence-electron chi connectivity index (χ0n) is 9.50. The molecule has 5 nitrogen and oxygen atoms in total. The molecule has 0 fully saturated rings. The predicted molar refractivity (Wildman–Crippen MR) is 67.8 cm³/mol. The first-order valence-corrected chi connectivity index (χ1v) is 6.07. The van der Waals surface area contributed by atoms with Crippen molar-refractivity contribution in [2.45, 2.75) is 13.3 Å². The molecule has 0 unspecified atom stereocenters. The second-order valence-electron chi connectivity index (χ2n) is 3.54. The Morgan fingerprint density at radius 2 is 2.33 bits per heavy atom. The maximum Gasteiger partial charge on any atom is 0.295 e. The van der Waals surface area contributed by atoms with Crippen LogP contribution in [0.3, 0.4) is 0 Å². The number of carbonyl (C=O) groups excluding carboxylic acids is 1. The van der Waals surface area contributed by atoms with Crippen LogP contribution in [0.1, 0.15) is 23.4 Å². The lowest BCUT2D eigenvalue weighted by Gasteiger charge is -2.03. The Bertz CT molecular complexity index is 584. The number of H-pyrrole nitrogens is 1. The van der Waals surface area contributed by atoms with E-state index in [1.54, 1.807) is 0 Å². The highest BCUT2D eigenvalue weighted by atomic mass is 79.9. The van der Waals surface area contributed by atoms with Gasteiger partial charge in [-0.15, -0.1) is 5.10 Å². The number of aryl methyl sites for hydroxylation is 1. The van der Waals surface area contributed by atoms with Crippen LogP contribution >= 0.6 is 15.9 Å². The van der Waals surface area contributed by atoms with Crippen molar-refractivity contribution >= 4 is 27.5 Å². The monoisotopic (exact) mass is 312 g/mol. The van der Waals surface area contributed by atoms with Gasteiger partial charge in [0, 0.05) is 12.1 Å². The largest absolute Gasteiger partial charge is 0.319 e. The Hall–Kier alpha value is -1.76. The molecular weight excluding hydrogens is 303 g/mol. The molecule has 1 aromatic heterocycles. The van der Waals surface area contributed by atoms with E-state index in [9.17, 15) is 9.18 Å². The van der Waals surface area contributed by atoms with Gasteiger partial charge in [-0.25, -0.2) is 9.37 Å². The molecule has 0 saturated carbocycles. The number of halogens is 2.